The first-order chi connectivity index (χ1) is 8.16. The van der Waals surface area contributed by atoms with E-state index in [0.29, 0.717) is 11.8 Å². The number of halogens is 1. The molecule has 1 aromatic heterocycles. The molecule has 3 rings (SSSR count). The Labute approximate surface area is 105 Å². The van der Waals surface area contributed by atoms with Crippen LogP contribution >= 0.6 is 11.6 Å². The van der Waals surface area contributed by atoms with Crippen LogP contribution in [0.25, 0.3) is 11.1 Å². The van der Waals surface area contributed by atoms with E-state index < -0.39 is 0 Å². The summed E-state index contributed by atoms with van der Waals surface area (Å²) in [6, 6.07) is 8.23. The van der Waals surface area contributed by atoms with E-state index in [0.717, 1.165) is 33.7 Å². The molecule has 0 saturated heterocycles. The van der Waals surface area contributed by atoms with Crippen LogP contribution in [0.2, 0.25) is 5.15 Å². The van der Waals surface area contributed by atoms with Crippen LogP contribution in [-0.4, -0.2) is 4.98 Å². The fraction of sp³-hybridized carbons (Fsp3) is 0.214. The van der Waals surface area contributed by atoms with Gasteiger partial charge in [-0.1, -0.05) is 29.8 Å². The molecule has 17 heavy (non-hydrogen) atoms. The van der Waals surface area contributed by atoms with E-state index in [1.165, 1.54) is 0 Å². The summed E-state index contributed by atoms with van der Waals surface area (Å²) < 4.78 is 5.78. The molecule has 0 N–H and O–H groups in total. The summed E-state index contributed by atoms with van der Waals surface area (Å²) in [6.07, 6.45) is 0. The minimum absolute atomic E-state index is 0.499. The summed E-state index contributed by atoms with van der Waals surface area (Å²) in [4.78, 5) is 4.27. The monoisotopic (exact) mass is 245 g/mol. The van der Waals surface area contributed by atoms with Crippen LogP contribution in [0.4, 0.5) is 0 Å². The summed E-state index contributed by atoms with van der Waals surface area (Å²) in [5, 5.41) is 0.548. The molecular weight excluding hydrogens is 234 g/mol. The number of aromatic nitrogens is 1. The van der Waals surface area contributed by atoms with Gasteiger partial charge in [0.05, 0.1) is 0 Å². The SMILES string of the molecule is Cc1cc2c(c(Cl)n1)COc1c(C)cccc1-2. The van der Waals surface area contributed by atoms with Gasteiger partial charge in [-0.2, -0.15) is 0 Å². The van der Waals surface area contributed by atoms with Crippen molar-refractivity contribution in [3.05, 3.63) is 46.2 Å². The lowest BCUT2D eigenvalue weighted by molar-refractivity contribution is 0.300. The Hall–Kier alpha value is -1.54. The van der Waals surface area contributed by atoms with Gasteiger partial charge in [0.2, 0.25) is 0 Å². The molecule has 0 saturated carbocycles. The van der Waals surface area contributed by atoms with Gasteiger partial charge in [-0.15, -0.1) is 0 Å². The standard InChI is InChI=1S/C14H12ClNO/c1-8-4-3-5-10-11-6-9(2)16-14(15)12(11)7-17-13(8)10/h3-6H,7H2,1-2H3. The molecule has 0 amide bonds. The number of ether oxygens (including phenoxy) is 1. The minimum atomic E-state index is 0.499. The van der Waals surface area contributed by atoms with E-state index in [2.05, 4.69) is 30.1 Å². The number of rotatable bonds is 0. The molecule has 0 radical (unpaired) electrons. The highest BCUT2D eigenvalue weighted by atomic mass is 35.5. The van der Waals surface area contributed by atoms with Gasteiger partial charge in [0.25, 0.3) is 0 Å². The third-order valence-electron chi connectivity index (χ3n) is 3.06. The molecule has 86 valence electrons. The van der Waals surface area contributed by atoms with E-state index in [9.17, 15) is 0 Å². The van der Waals surface area contributed by atoms with Crippen LogP contribution in [0, 0.1) is 13.8 Å². The molecule has 0 atom stereocenters. The van der Waals surface area contributed by atoms with Crippen molar-refractivity contribution < 1.29 is 4.74 Å². The van der Waals surface area contributed by atoms with Gasteiger partial charge < -0.3 is 4.74 Å². The molecule has 2 aromatic rings. The second kappa shape index (κ2) is 3.74. The van der Waals surface area contributed by atoms with E-state index in [1.54, 1.807) is 0 Å². The van der Waals surface area contributed by atoms with E-state index in [-0.39, 0.29) is 0 Å². The number of hydrogen-bond donors (Lipinski definition) is 0. The summed E-state index contributed by atoms with van der Waals surface area (Å²) >= 11 is 6.16. The summed E-state index contributed by atoms with van der Waals surface area (Å²) in [6.45, 7) is 4.51. The Bertz CT molecular complexity index is 607. The molecule has 2 nitrogen and oxygen atoms in total. The van der Waals surface area contributed by atoms with Crippen LogP contribution in [0.1, 0.15) is 16.8 Å². The maximum atomic E-state index is 6.16. The van der Waals surface area contributed by atoms with Crippen molar-refractivity contribution in [3.63, 3.8) is 0 Å². The van der Waals surface area contributed by atoms with Gasteiger partial charge in [0.1, 0.15) is 17.5 Å². The summed E-state index contributed by atoms with van der Waals surface area (Å²) in [5.74, 6) is 0.960. The quantitative estimate of drug-likeness (QED) is 0.657. The van der Waals surface area contributed by atoms with Crippen LogP contribution < -0.4 is 4.74 Å². The van der Waals surface area contributed by atoms with Crippen molar-refractivity contribution in [3.8, 4) is 16.9 Å². The first-order valence-corrected chi connectivity index (χ1v) is 5.93. The molecular formula is C14H12ClNO. The highest BCUT2D eigenvalue weighted by molar-refractivity contribution is 6.30. The first-order valence-electron chi connectivity index (χ1n) is 5.55. The van der Waals surface area contributed by atoms with Gasteiger partial charge >= 0.3 is 0 Å². The Balaban J connectivity index is 2.33. The fourth-order valence-electron chi connectivity index (χ4n) is 2.24. The van der Waals surface area contributed by atoms with Gasteiger partial charge in [-0.3, -0.25) is 0 Å². The van der Waals surface area contributed by atoms with Crippen molar-refractivity contribution in [2.45, 2.75) is 20.5 Å². The number of hydrogen-bond acceptors (Lipinski definition) is 2. The molecule has 0 fully saturated rings. The van der Waals surface area contributed by atoms with Crippen LogP contribution in [-0.2, 0) is 6.61 Å². The Morgan fingerprint density at radius 1 is 1.24 bits per heavy atom. The highest BCUT2D eigenvalue weighted by Gasteiger charge is 2.21. The molecule has 0 unspecified atom stereocenters. The Morgan fingerprint density at radius 3 is 2.88 bits per heavy atom. The Morgan fingerprint density at radius 2 is 2.06 bits per heavy atom. The largest absolute Gasteiger partial charge is 0.488 e. The van der Waals surface area contributed by atoms with Crippen molar-refractivity contribution in [2.24, 2.45) is 0 Å². The maximum Gasteiger partial charge on any atom is 0.136 e. The fourth-order valence-corrected chi connectivity index (χ4v) is 2.53. The highest BCUT2D eigenvalue weighted by Crippen LogP contribution is 2.41. The summed E-state index contributed by atoms with van der Waals surface area (Å²) in [5.41, 5.74) is 5.32. The van der Waals surface area contributed by atoms with Crippen molar-refractivity contribution in [2.75, 3.05) is 0 Å². The zero-order valence-corrected chi connectivity index (χ0v) is 10.5. The third-order valence-corrected chi connectivity index (χ3v) is 3.38. The molecule has 2 heterocycles. The second-order valence-corrected chi connectivity index (χ2v) is 4.68. The molecule has 0 aliphatic carbocycles. The van der Waals surface area contributed by atoms with Crippen molar-refractivity contribution in [1.29, 1.82) is 0 Å². The topological polar surface area (TPSA) is 22.1 Å². The van der Waals surface area contributed by atoms with Crippen molar-refractivity contribution in [1.82, 2.24) is 4.98 Å². The predicted octanol–water partition coefficient (Wildman–Crippen LogP) is 3.91. The number of fused-ring (bicyclic) bond motifs is 3. The van der Waals surface area contributed by atoms with E-state index >= 15 is 0 Å². The van der Waals surface area contributed by atoms with Crippen LogP contribution in [0.15, 0.2) is 24.3 Å². The van der Waals surface area contributed by atoms with E-state index in [4.69, 9.17) is 16.3 Å². The van der Waals surface area contributed by atoms with Gasteiger partial charge in [0, 0.05) is 16.8 Å². The molecule has 1 aliphatic rings. The molecule has 1 aromatic carbocycles. The van der Waals surface area contributed by atoms with Crippen molar-refractivity contribution >= 4 is 11.6 Å². The first kappa shape index (κ1) is 10.6. The van der Waals surface area contributed by atoms with E-state index in [1.807, 2.05) is 13.0 Å². The second-order valence-electron chi connectivity index (χ2n) is 4.32. The molecule has 0 bridgehead atoms. The Kier molecular flexibility index (Phi) is 2.33. The number of aryl methyl sites for hydroxylation is 2. The average molecular weight is 246 g/mol. The number of benzene rings is 1. The summed E-state index contributed by atoms with van der Waals surface area (Å²) in [7, 11) is 0. The number of para-hydroxylation sites is 1. The van der Waals surface area contributed by atoms with Crippen LogP contribution in [0.5, 0.6) is 5.75 Å². The third kappa shape index (κ3) is 1.60. The van der Waals surface area contributed by atoms with Gasteiger partial charge in [0.15, 0.2) is 0 Å². The minimum Gasteiger partial charge on any atom is -0.488 e. The van der Waals surface area contributed by atoms with Gasteiger partial charge in [-0.25, -0.2) is 4.98 Å². The normalized spacial score (nSPS) is 12.6. The van der Waals surface area contributed by atoms with Crippen LogP contribution in [0.3, 0.4) is 0 Å². The zero-order valence-electron chi connectivity index (χ0n) is 9.75. The molecule has 1 aliphatic heterocycles. The average Bonchev–Trinajstić information content (AvgIpc) is 2.29. The lowest BCUT2D eigenvalue weighted by Gasteiger charge is -2.23. The smallest absolute Gasteiger partial charge is 0.136 e. The number of nitrogens with zero attached hydrogens (tertiary/aromatic N) is 1. The maximum absolute atomic E-state index is 6.16. The predicted molar refractivity (Wildman–Crippen MR) is 68.5 cm³/mol. The van der Waals surface area contributed by atoms with Gasteiger partial charge in [-0.05, 0) is 31.0 Å². The zero-order chi connectivity index (χ0) is 12.0. The molecule has 3 heteroatoms. The number of pyridine rings is 1. The lowest BCUT2D eigenvalue weighted by Crippen LogP contribution is -2.08. The molecule has 0 spiro atoms. The lowest BCUT2D eigenvalue weighted by atomic mass is 9.96.